The number of amides is 2. The predicted molar refractivity (Wildman–Crippen MR) is 91.9 cm³/mol. The number of nitrogens with one attached hydrogen (secondary N) is 1. The van der Waals surface area contributed by atoms with Crippen molar-refractivity contribution in [3.63, 3.8) is 0 Å². The van der Waals surface area contributed by atoms with E-state index < -0.39 is 12.0 Å². The zero-order chi connectivity index (χ0) is 16.9. The van der Waals surface area contributed by atoms with Crippen molar-refractivity contribution in [1.82, 2.24) is 10.2 Å². The van der Waals surface area contributed by atoms with Gasteiger partial charge in [-0.25, -0.2) is 4.79 Å². The molecule has 0 radical (unpaired) electrons. The molecule has 0 unspecified atom stereocenters. The van der Waals surface area contributed by atoms with Gasteiger partial charge in [-0.2, -0.15) is 0 Å². The van der Waals surface area contributed by atoms with Crippen molar-refractivity contribution in [1.29, 1.82) is 0 Å². The van der Waals surface area contributed by atoms with Gasteiger partial charge >= 0.3 is 6.09 Å². The average Bonchev–Trinajstić information content (AvgIpc) is 2.60. The van der Waals surface area contributed by atoms with Crippen LogP contribution in [0.2, 0.25) is 0 Å². The van der Waals surface area contributed by atoms with Crippen LogP contribution in [-0.2, 0) is 4.74 Å². The topological polar surface area (TPSA) is 58.6 Å². The van der Waals surface area contributed by atoms with E-state index >= 15 is 0 Å². The smallest absolute Gasteiger partial charge is 0.414 e. The molecule has 2 saturated heterocycles. The third kappa shape index (κ3) is 4.15. The number of carbonyl (C=O) groups excluding carboxylic acids is 2. The molecular weight excluding hydrogens is 304 g/mol. The lowest BCUT2D eigenvalue weighted by atomic mass is 9.84. The Kier molecular flexibility index (Phi) is 5.51. The lowest BCUT2D eigenvalue weighted by Gasteiger charge is -2.44. The Morgan fingerprint density at radius 1 is 1.12 bits per heavy atom. The summed E-state index contributed by atoms with van der Waals surface area (Å²) in [4.78, 5) is 26.5. The van der Waals surface area contributed by atoms with Crippen molar-refractivity contribution < 1.29 is 14.3 Å². The number of nitrogens with zero attached hydrogens (tertiary/aromatic N) is 1. The maximum Gasteiger partial charge on any atom is 0.414 e. The summed E-state index contributed by atoms with van der Waals surface area (Å²) < 4.78 is 5.35. The minimum absolute atomic E-state index is 0.388. The van der Waals surface area contributed by atoms with Gasteiger partial charge in [0.1, 0.15) is 0 Å². The van der Waals surface area contributed by atoms with E-state index in [1.54, 1.807) is 12.1 Å². The number of ether oxygens (including phenoxy) is 1. The highest BCUT2D eigenvalue weighted by molar-refractivity contribution is 6.02. The maximum absolute atomic E-state index is 12.0. The van der Waals surface area contributed by atoms with Crippen molar-refractivity contribution in [2.45, 2.75) is 45.1 Å². The molecular formula is C19H26N2O3. The number of aryl methyl sites for hydroxylation is 1. The van der Waals surface area contributed by atoms with E-state index in [1.807, 2.05) is 19.1 Å². The molecule has 2 fully saturated rings. The number of piperidine rings is 2. The molecule has 2 heterocycles. The predicted octanol–water partition coefficient (Wildman–Crippen LogP) is 3.13. The van der Waals surface area contributed by atoms with Crippen LogP contribution in [0.15, 0.2) is 24.3 Å². The van der Waals surface area contributed by atoms with Gasteiger partial charge in [0.15, 0.2) is 0 Å². The number of hydrogen-bond acceptors (Lipinski definition) is 4. The summed E-state index contributed by atoms with van der Waals surface area (Å²) in [6.45, 7) is 4.68. The molecule has 5 nitrogen and oxygen atoms in total. The molecule has 2 aliphatic rings. The first-order valence-corrected chi connectivity index (χ1v) is 8.92. The van der Waals surface area contributed by atoms with Crippen LogP contribution >= 0.6 is 0 Å². The largest absolute Gasteiger partial charge is 0.449 e. The standard InChI is InChI=1S/C19H26N2O3/c1-14-7-9-15(10-8-14)18(22)20-19(23)24-13-16-5-4-12-21-11-3-2-6-17(16)21/h7-10,16-17H,2-6,11-13H2,1H3,(H,20,22,23)/t16-,17+/m0/s1. The van der Waals surface area contributed by atoms with E-state index in [4.69, 9.17) is 4.74 Å². The molecule has 2 amide bonds. The number of hydrogen-bond donors (Lipinski definition) is 1. The fourth-order valence-corrected chi connectivity index (χ4v) is 3.86. The van der Waals surface area contributed by atoms with E-state index in [2.05, 4.69) is 10.2 Å². The van der Waals surface area contributed by atoms with Crippen LogP contribution in [0.3, 0.4) is 0 Å². The van der Waals surface area contributed by atoms with Gasteiger partial charge in [0, 0.05) is 17.5 Å². The van der Waals surface area contributed by atoms with Crippen LogP contribution in [0.4, 0.5) is 4.79 Å². The van der Waals surface area contributed by atoms with Gasteiger partial charge in [-0.1, -0.05) is 24.1 Å². The minimum Gasteiger partial charge on any atom is -0.449 e. The summed E-state index contributed by atoms with van der Waals surface area (Å²) in [6, 6.07) is 7.64. The number of rotatable bonds is 3. The van der Waals surface area contributed by atoms with Crippen molar-refractivity contribution in [2.75, 3.05) is 19.7 Å². The zero-order valence-corrected chi connectivity index (χ0v) is 14.3. The highest BCUT2D eigenvalue weighted by Crippen LogP contribution is 2.30. The Morgan fingerprint density at radius 2 is 1.88 bits per heavy atom. The Labute approximate surface area is 143 Å². The van der Waals surface area contributed by atoms with Crippen LogP contribution in [0.25, 0.3) is 0 Å². The molecule has 0 spiro atoms. The fraction of sp³-hybridized carbons (Fsp3) is 0.579. The third-order valence-corrected chi connectivity index (χ3v) is 5.19. The first-order valence-electron chi connectivity index (χ1n) is 8.92. The molecule has 0 aliphatic carbocycles. The van der Waals surface area contributed by atoms with E-state index in [-0.39, 0.29) is 0 Å². The van der Waals surface area contributed by atoms with E-state index in [1.165, 1.54) is 32.4 Å². The quantitative estimate of drug-likeness (QED) is 0.925. The molecule has 2 aliphatic heterocycles. The van der Waals surface area contributed by atoms with Gasteiger partial charge in [0.25, 0.3) is 5.91 Å². The van der Waals surface area contributed by atoms with Gasteiger partial charge in [0.05, 0.1) is 6.61 Å². The van der Waals surface area contributed by atoms with Gasteiger partial charge in [-0.3, -0.25) is 15.0 Å². The van der Waals surface area contributed by atoms with Crippen LogP contribution in [0, 0.1) is 12.8 Å². The van der Waals surface area contributed by atoms with E-state index in [0.717, 1.165) is 18.4 Å². The zero-order valence-electron chi connectivity index (χ0n) is 14.3. The number of imide groups is 1. The Balaban J connectivity index is 1.48. The van der Waals surface area contributed by atoms with Crippen molar-refractivity contribution in [2.24, 2.45) is 5.92 Å². The number of fused-ring (bicyclic) bond motifs is 1. The summed E-state index contributed by atoms with van der Waals surface area (Å²) >= 11 is 0. The lowest BCUT2D eigenvalue weighted by Crippen LogP contribution is -2.49. The number of benzene rings is 1. The minimum atomic E-state index is -0.645. The molecule has 3 rings (SSSR count). The second-order valence-corrected chi connectivity index (χ2v) is 6.92. The highest BCUT2D eigenvalue weighted by Gasteiger charge is 2.33. The van der Waals surface area contributed by atoms with Crippen molar-refractivity contribution in [3.8, 4) is 0 Å². The van der Waals surface area contributed by atoms with E-state index in [0.29, 0.717) is 24.1 Å². The number of carbonyl (C=O) groups is 2. The Hall–Kier alpha value is -1.88. The third-order valence-electron chi connectivity index (χ3n) is 5.19. The molecule has 0 saturated carbocycles. The van der Waals surface area contributed by atoms with Crippen LogP contribution in [0.1, 0.15) is 48.0 Å². The van der Waals surface area contributed by atoms with Gasteiger partial charge in [0.2, 0.25) is 0 Å². The van der Waals surface area contributed by atoms with Crippen LogP contribution in [-0.4, -0.2) is 42.6 Å². The molecule has 130 valence electrons. The summed E-state index contributed by atoms with van der Waals surface area (Å²) in [5.41, 5.74) is 1.54. The Morgan fingerprint density at radius 3 is 2.67 bits per heavy atom. The summed E-state index contributed by atoms with van der Waals surface area (Å²) in [5.74, 6) is -0.0257. The second-order valence-electron chi connectivity index (χ2n) is 6.92. The molecule has 1 aromatic rings. The number of alkyl carbamates (subject to hydrolysis) is 1. The van der Waals surface area contributed by atoms with Gasteiger partial charge < -0.3 is 4.74 Å². The summed E-state index contributed by atoms with van der Waals surface area (Å²) in [6.07, 6.45) is 5.34. The van der Waals surface area contributed by atoms with Crippen molar-refractivity contribution in [3.05, 3.63) is 35.4 Å². The molecule has 1 aromatic carbocycles. The van der Waals surface area contributed by atoms with Gasteiger partial charge in [-0.15, -0.1) is 0 Å². The molecule has 1 N–H and O–H groups in total. The van der Waals surface area contributed by atoms with Crippen molar-refractivity contribution >= 4 is 12.0 Å². The summed E-state index contributed by atoms with van der Waals surface area (Å²) in [7, 11) is 0. The van der Waals surface area contributed by atoms with Crippen LogP contribution in [0.5, 0.6) is 0 Å². The lowest BCUT2D eigenvalue weighted by molar-refractivity contribution is 0.0235. The molecule has 24 heavy (non-hydrogen) atoms. The van der Waals surface area contributed by atoms with Gasteiger partial charge in [-0.05, 0) is 57.8 Å². The monoisotopic (exact) mass is 330 g/mol. The highest BCUT2D eigenvalue weighted by atomic mass is 16.5. The molecule has 0 bridgehead atoms. The molecule has 2 atom stereocenters. The maximum atomic E-state index is 12.0. The van der Waals surface area contributed by atoms with E-state index in [9.17, 15) is 9.59 Å². The molecule has 0 aromatic heterocycles. The molecule has 5 heteroatoms. The second kappa shape index (κ2) is 7.79. The summed E-state index contributed by atoms with van der Waals surface area (Å²) in [5, 5.41) is 2.31. The average molecular weight is 330 g/mol. The fourth-order valence-electron chi connectivity index (χ4n) is 3.86. The SMILES string of the molecule is Cc1ccc(C(=O)NC(=O)OC[C@@H]2CCCN3CCCC[C@H]23)cc1. The van der Waals surface area contributed by atoms with Crippen LogP contribution < -0.4 is 5.32 Å². The first-order chi connectivity index (χ1) is 11.6. The normalized spacial score (nSPS) is 24.0. The first kappa shape index (κ1) is 17.0. The Bertz CT molecular complexity index is 583.